The number of carbonyl (C=O) groups is 1. The number of hydrogen-bond acceptors (Lipinski definition) is 8. The van der Waals surface area contributed by atoms with Crippen molar-refractivity contribution in [2.24, 2.45) is 4.99 Å². The second kappa shape index (κ2) is 10.5. The molecule has 11 heteroatoms. The first-order valence-electron chi connectivity index (χ1n) is 10.8. The van der Waals surface area contributed by atoms with Gasteiger partial charge in [0.2, 0.25) is 0 Å². The van der Waals surface area contributed by atoms with Crippen molar-refractivity contribution >= 4 is 50.9 Å². The minimum atomic E-state index is -0.857. The highest BCUT2D eigenvalue weighted by molar-refractivity contribution is 9.10. The molecule has 3 aromatic rings. The summed E-state index contributed by atoms with van der Waals surface area (Å²) in [6.45, 7) is 3.57. The summed E-state index contributed by atoms with van der Waals surface area (Å²) in [4.78, 5) is 31.8. The van der Waals surface area contributed by atoms with E-state index in [1.165, 1.54) is 24.9 Å². The van der Waals surface area contributed by atoms with E-state index in [4.69, 9.17) is 25.8 Å². The number of rotatable bonds is 6. The van der Waals surface area contributed by atoms with E-state index in [2.05, 4.69) is 20.9 Å². The molecule has 8 nitrogen and oxygen atoms in total. The Labute approximate surface area is 223 Å². The van der Waals surface area contributed by atoms with Crippen molar-refractivity contribution in [1.29, 1.82) is 0 Å². The van der Waals surface area contributed by atoms with Crippen LogP contribution in [0.5, 0.6) is 17.2 Å². The SMILES string of the molecule is CCOC(=O)C1=C(C)N=c2s/c(=C\c3cc(Cl)ccc3O)c(=O)n2[C@H]1c1cc(OC)c(OC)cc1Br. The van der Waals surface area contributed by atoms with Gasteiger partial charge in [0.15, 0.2) is 16.3 Å². The molecule has 1 aliphatic heterocycles. The van der Waals surface area contributed by atoms with E-state index in [1.54, 1.807) is 44.2 Å². The first kappa shape index (κ1) is 26.0. The van der Waals surface area contributed by atoms with Gasteiger partial charge in [-0.1, -0.05) is 38.9 Å². The molecular weight excluding hydrogens is 572 g/mol. The number of fused-ring (bicyclic) bond motifs is 1. The first-order chi connectivity index (χ1) is 17.2. The number of allylic oxidation sites excluding steroid dienone is 1. The molecule has 0 bridgehead atoms. The molecule has 1 N–H and O–H groups in total. The summed E-state index contributed by atoms with van der Waals surface area (Å²) >= 11 is 10.8. The van der Waals surface area contributed by atoms with Gasteiger partial charge in [0, 0.05) is 15.1 Å². The molecule has 0 spiro atoms. The van der Waals surface area contributed by atoms with Gasteiger partial charge in [-0.25, -0.2) is 9.79 Å². The van der Waals surface area contributed by atoms with E-state index in [9.17, 15) is 14.7 Å². The van der Waals surface area contributed by atoms with Gasteiger partial charge in [-0.05, 0) is 55.8 Å². The largest absolute Gasteiger partial charge is 0.507 e. The quantitative estimate of drug-likeness (QED) is 0.435. The normalized spacial score (nSPS) is 15.4. The maximum absolute atomic E-state index is 13.7. The number of esters is 1. The van der Waals surface area contributed by atoms with Gasteiger partial charge in [-0.15, -0.1) is 0 Å². The van der Waals surface area contributed by atoms with Gasteiger partial charge in [-0.3, -0.25) is 9.36 Å². The van der Waals surface area contributed by atoms with Gasteiger partial charge in [0.1, 0.15) is 5.75 Å². The second-order valence-electron chi connectivity index (χ2n) is 7.73. The van der Waals surface area contributed by atoms with Crippen LogP contribution in [0.25, 0.3) is 6.08 Å². The number of methoxy groups -OCH3 is 2. The van der Waals surface area contributed by atoms with Gasteiger partial charge >= 0.3 is 5.97 Å². The van der Waals surface area contributed by atoms with Crippen molar-refractivity contribution in [3.63, 3.8) is 0 Å². The van der Waals surface area contributed by atoms with Crippen LogP contribution in [0.15, 0.2) is 55.9 Å². The highest BCUT2D eigenvalue weighted by Gasteiger charge is 2.35. The van der Waals surface area contributed by atoms with Crippen molar-refractivity contribution in [1.82, 2.24) is 4.57 Å². The second-order valence-corrected chi connectivity index (χ2v) is 10.0. The van der Waals surface area contributed by atoms with Crippen molar-refractivity contribution in [3.8, 4) is 17.2 Å². The third-order valence-corrected chi connectivity index (χ3v) is 7.50. The number of thiazole rings is 1. The van der Waals surface area contributed by atoms with Crippen LogP contribution in [0.2, 0.25) is 5.02 Å². The molecule has 2 aromatic carbocycles. The topological polar surface area (TPSA) is 99.4 Å². The Morgan fingerprint density at radius 3 is 2.61 bits per heavy atom. The number of carbonyl (C=O) groups excluding carboxylic acids is 1. The Bertz CT molecular complexity index is 1580. The van der Waals surface area contributed by atoms with E-state index in [0.717, 1.165) is 11.3 Å². The van der Waals surface area contributed by atoms with Crippen molar-refractivity contribution in [2.75, 3.05) is 20.8 Å². The lowest BCUT2D eigenvalue weighted by Crippen LogP contribution is -2.40. The zero-order valence-corrected chi connectivity index (χ0v) is 23.0. The summed E-state index contributed by atoms with van der Waals surface area (Å²) < 4.78 is 18.6. The first-order valence-corrected chi connectivity index (χ1v) is 12.8. The number of aromatic nitrogens is 1. The standard InChI is InChI=1S/C25H22BrClN2O6S/c1-5-35-24(32)21-12(2)28-25-29(22(21)15-10-18(33-3)19(34-4)11-16(15)26)23(31)20(36-25)9-13-8-14(27)6-7-17(13)30/h6-11,22,30H,5H2,1-4H3/b20-9-/t22-/m0/s1. The number of nitrogens with zero attached hydrogens (tertiary/aromatic N) is 2. The Kier molecular flexibility index (Phi) is 7.58. The third kappa shape index (κ3) is 4.68. The minimum absolute atomic E-state index is 0.0205. The fourth-order valence-electron chi connectivity index (χ4n) is 3.95. The van der Waals surface area contributed by atoms with Crippen LogP contribution in [0.3, 0.4) is 0 Å². The molecule has 1 atom stereocenters. The van der Waals surface area contributed by atoms with Crippen LogP contribution in [0, 0.1) is 0 Å². The van der Waals surface area contributed by atoms with Crippen LogP contribution >= 0.6 is 38.9 Å². The molecule has 4 rings (SSSR count). The fourth-order valence-corrected chi connectivity index (χ4v) is 5.70. The van der Waals surface area contributed by atoms with Crippen LogP contribution in [0.1, 0.15) is 31.0 Å². The molecule has 1 aliphatic rings. The number of ether oxygens (including phenoxy) is 3. The maximum Gasteiger partial charge on any atom is 0.338 e. The van der Waals surface area contributed by atoms with Gasteiger partial charge in [0.05, 0.1) is 42.7 Å². The van der Waals surface area contributed by atoms with E-state index >= 15 is 0 Å². The molecule has 1 aromatic heterocycles. The van der Waals surface area contributed by atoms with Gasteiger partial charge in [-0.2, -0.15) is 0 Å². The van der Waals surface area contributed by atoms with Crippen LogP contribution in [-0.2, 0) is 9.53 Å². The zero-order chi connectivity index (χ0) is 26.1. The maximum atomic E-state index is 13.7. The molecular formula is C25H22BrClN2O6S. The number of halogens is 2. The summed E-state index contributed by atoms with van der Waals surface area (Å²) in [5.41, 5.74) is 1.24. The van der Waals surface area contributed by atoms with Crippen LogP contribution < -0.4 is 24.4 Å². The van der Waals surface area contributed by atoms with Gasteiger partial charge in [0.25, 0.3) is 5.56 Å². The van der Waals surface area contributed by atoms with E-state index in [1.807, 2.05) is 0 Å². The molecule has 0 saturated heterocycles. The van der Waals surface area contributed by atoms with Crippen molar-refractivity contribution in [3.05, 3.63) is 81.9 Å². The molecule has 0 aliphatic carbocycles. The van der Waals surface area contributed by atoms with Crippen LogP contribution in [0.4, 0.5) is 0 Å². The Balaban J connectivity index is 2.03. The minimum Gasteiger partial charge on any atom is -0.507 e. The lowest BCUT2D eigenvalue weighted by Gasteiger charge is -2.26. The van der Waals surface area contributed by atoms with E-state index in [-0.39, 0.29) is 23.5 Å². The monoisotopic (exact) mass is 592 g/mol. The highest BCUT2D eigenvalue weighted by atomic mass is 79.9. The number of phenols is 1. The predicted molar refractivity (Wildman–Crippen MR) is 141 cm³/mol. The summed E-state index contributed by atoms with van der Waals surface area (Å²) in [6, 6.07) is 7.14. The van der Waals surface area contributed by atoms with Crippen molar-refractivity contribution < 1.29 is 24.1 Å². The molecule has 0 amide bonds. The average Bonchev–Trinajstić information content (AvgIpc) is 3.14. The van der Waals surface area contributed by atoms with E-state index < -0.39 is 12.0 Å². The molecule has 0 fully saturated rings. The smallest absolute Gasteiger partial charge is 0.338 e. The Hall–Kier alpha value is -3.08. The number of phenolic OH excluding ortho intramolecular Hbond substituents is 1. The molecule has 2 heterocycles. The summed E-state index contributed by atoms with van der Waals surface area (Å²) in [5.74, 6) is 0.315. The molecule has 0 unspecified atom stereocenters. The average molecular weight is 594 g/mol. The fraction of sp³-hybridized carbons (Fsp3) is 0.240. The number of hydrogen-bond donors (Lipinski definition) is 1. The molecule has 188 valence electrons. The summed E-state index contributed by atoms with van der Waals surface area (Å²) in [7, 11) is 3.03. The van der Waals surface area contributed by atoms with Crippen LogP contribution in [-0.4, -0.2) is 36.5 Å². The zero-order valence-electron chi connectivity index (χ0n) is 19.8. The lowest BCUT2D eigenvalue weighted by atomic mass is 9.95. The Morgan fingerprint density at radius 2 is 1.94 bits per heavy atom. The molecule has 0 radical (unpaired) electrons. The lowest BCUT2D eigenvalue weighted by molar-refractivity contribution is -0.139. The summed E-state index contributed by atoms with van der Waals surface area (Å²) in [5, 5.41) is 10.7. The summed E-state index contributed by atoms with van der Waals surface area (Å²) in [6.07, 6.45) is 1.55. The van der Waals surface area contributed by atoms with Gasteiger partial charge < -0.3 is 19.3 Å². The third-order valence-electron chi connectivity index (χ3n) is 5.59. The Morgan fingerprint density at radius 1 is 1.25 bits per heavy atom. The molecule has 36 heavy (non-hydrogen) atoms. The highest BCUT2D eigenvalue weighted by Crippen LogP contribution is 2.40. The predicted octanol–water partition coefficient (Wildman–Crippen LogP) is 3.94. The molecule has 0 saturated carbocycles. The van der Waals surface area contributed by atoms with Crippen molar-refractivity contribution in [2.45, 2.75) is 19.9 Å². The van der Waals surface area contributed by atoms with E-state index in [0.29, 0.717) is 47.2 Å². The number of aromatic hydroxyl groups is 1. The number of benzene rings is 2.